The summed E-state index contributed by atoms with van der Waals surface area (Å²) in [7, 11) is 0. The fourth-order valence-electron chi connectivity index (χ4n) is 3.53. The third kappa shape index (κ3) is 2.45. The Kier molecular flexibility index (Phi) is 3.81. The van der Waals surface area contributed by atoms with Crippen LogP contribution in [0.5, 0.6) is 0 Å². The van der Waals surface area contributed by atoms with Crippen molar-refractivity contribution in [3.8, 4) is 0 Å². The number of nitrogens with zero attached hydrogens (tertiary/aromatic N) is 2. The first-order valence-corrected chi connectivity index (χ1v) is 7.82. The van der Waals surface area contributed by atoms with Gasteiger partial charge in [0.15, 0.2) is 5.76 Å². The van der Waals surface area contributed by atoms with Gasteiger partial charge >= 0.3 is 0 Å². The Balaban J connectivity index is 1.64. The predicted octanol–water partition coefficient (Wildman–Crippen LogP) is 2.23. The molecule has 2 fully saturated rings. The first-order valence-electron chi connectivity index (χ1n) is 7.82. The van der Waals surface area contributed by atoms with E-state index in [1.165, 1.54) is 0 Å². The maximum absolute atomic E-state index is 12.6. The van der Waals surface area contributed by atoms with Crippen LogP contribution in [0.4, 0.5) is 0 Å². The van der Waals surface area contributed by atoms with Crippen LogP contribution in [0.1, 0.15) is 35.6 Å². The van der Waals surface area contributed by atoms with Crippen LogP contribution in [0.25, 0.3) is 0 Å². The zero-order chi connectivity index (χ0) is 15.7. The SMILES string of the molecule is C=CCN1CCC2(CCN(C(=O)c3ccc(C)o3)CC2)C1=O. The largest absolute Gasteiger partial charge is 0.456 e. The number of aryl methyl sites for hydroxylation is 1. The topological polar surface area (TPSA) is 53.8 Å². The van der Waals surface area contributed by atoms with Crippen LogP contribution >= 0.6 is 0 Å². The molecule has 2 aliphatic rings. The Morgan fingerprint density at radius 2 is 2.00 bits per heavy atom. The molecule has 3 rings (SSSR count). The van der Waals surface area contributed by atoms with Gasteiger partial charge in [0.05, 0.1) is 5.41 Å². The van der Waals surface area contributed by atoms with Crippen LogP contribution in [0.15, 0.2) is 29.2 Å². The van der Waals surface area contributed by atoms with E-state index >= 15 is 0 Å². The highest BCUT2D eigenvalue weighted by Crippen LogP contribution is 2.41. The predicted molar refractivity (Wildman–Crippen MR) is 82.4 cm³/mol. The van der Waals surface area contributed by atoms with Crippen molar-refractivity contribution in [2.24, 2.45) is 5.41 Å². The highest BCUT2D eigenvalue weighted by Gasteiger charge is 2.48. The zero-order valence-corrected chi connectivity index (χ0v) is 13.0. The average molecular weight is 302 g/mol. The molecule has 1 aromatic heterocycles. The first-order chi connectivity index (χ1) is 10.6. The average Bonchev–Trinajstić information content (AvgIpc) is 3.08. The van der Waals surface area contributed by atoms with Crippen LogP contribution in [0.2, 0.25) is 0 Å². The van der Waals surface area contributed by atoms with Gasteiger partial charge in [0.25, 0.3) is 5.91 Å². The van der Waals surface area contributed by atoms with Crippen molar-refractivity contribution in [3.63, 3.8) is 0 Å². The summed E-state index contributed by atoms with van der Waals surface area (Å²) in [5.41, 5.74) is -0.265. The number of piperidine rings is 1. The normalized spacial score (nSPS) is 20.7. The van der Waals surface area contributed by atoms with E-state index in [4.69, 9.17) is 4.42 Å². The van der Waals surface area contributed by atoms with Crippen molar-refractivity contribution in [3.05, 3.63) is 36.3 Å². The summed E-state index contributed by atoms with van der Waals surface area (Å²) >= 11 is 0. The van der Waals surface area contributed by atoms with Gasteiger partial charge in [-0.2, -0.15) is 0 Å². The molecule has 0 saturated carbocycles. The molecule has 0 bridgehead atoms. The zero-order valence-electron chi connectivity index (χ0n) is 13.0. The summed E-state index contributed by atoms with van der Waals surface area (Å²) in [6.45, 7) is 8.19. The van der Waals surface area contributed by atoms with Crippen molar-refractivity contribution in [2.75, 3.05) is 26.2 Å². The van der Waals surface area contributed by atoms with Gasteiger partial charge in [-0.05, 0) is 38.3 Å². The van der Waals surface area contributed by atoms with E-state index in [2.05, 4.69) is 6.58 Å². The fourth-order valence-corrected chi connectivity index (χ4v) is 3.53. The molecule has 2 amide bonds. The number of rotatable bonds is 3. The number of likely N-dealkylation sites (tertiary alicyclic amines) is 2. The lowest BCUT2D eigenvalue weighted by molar-refractivity contribution is -0.137. The van der Waals surface area contributed by atoms with Crippen LogP contribution in [-0.2, 0) is 4.79 Å². The third-order valence-electron chi connectivity index (χ3n) is 4.91. The van der Waals surface area contributed by atoms with Crippen molar-refractivity contribution in [1.82, 2.24) is 9.80 Å². The Hall–Kier alpha value is -2.04. The van der Waals surface area contributed by atoms with Gasteiger partial charge < -0.3 is 14.2 Å². The molecular formula is C17H22N2O3. The summed E-state index contributed by atoms with van der Waals surface area (Å²) in [5, 5.41) is 0. The molecular weight excluding hydrogens is 280 g/mol. The lowest BCUT2D eigenvalue weighted by Crippen LogP contribution is -2.46. The molecule has 1 aromatic rings. The molecule has 1 spiro atoms. The number of carbonyl (C=O) groups excluding carboxylic acids is 2. The van der Waals surface area contributed by atoms with Gasteiger partial charge in [-0.15, -0.1) is 6.58 Å². The highest BCUT2D eigenvalue weighted by molar-refractivity contribution is 5.92. The van der Waals surface area contributed by atoms with E-state index in [0.717, 1.165) is 31.6 Å². The summed E-state index contributed by atoms with van der Waals surface area (Å²) in [4.78, 5) is 28.6. The lowest BCUT2D eigenvalue weighted by atomic mass is 9.77. The lowest BCUT2D eigenvalue weighted by Gasteiger charge is -2.37. The number of carbonyl (C=O) groups is 2. The second-order valence-corrected chi connectivity index (χ2v) is 6.27. The van der Waals surface area contributed by atoms with Crippen LogP contribution < -0.4 is 0 Å². The molecule has 0 aromatic carbocycles. The fraction of sp³-hybridized carbons (Fsp3) is 0.529. The molecule has 0 unspecified atom stereocenters. The maximum Gasteiger partial charge on any atom is 0.289 e. The Labute approximate surface area is 130 Å². The van der Waals surface area contributed by atoms with Crippen molar-refractivity contribution >= 4 is 11.8 Å². The van der Waals surface area contributed by atoms with E-state index < -0.39 is 0 Å². The molecule has 0 radical (unpaired) electrons. The monoisotopic (exact) mass is 302 g/mol. The molecule has 3 heterocycles. The quantitative estimate of drug-likeness (QED) is 0.805. The Bertz CT molecular complexity index is 597. The molecule has 0 N–H and O–H groups in total. The molecule has 5 nitrogen and oxygen atoms in total. The smallest absolute Gasteiger partial charge is 0.289 e. The molecule has 22 heavy (non-hydrogen) atoms. The van der Waals surface area contributed by atoms with E-state index in [1.54, 1.807) is 23.1 Å². The molecule has 118 valence electrons. The maximum atomic E-state index is 12.6. The first kappa shape index (κ1) is 14.9. The number of amides is 2. The van der Waals surface area contributed by atoms with Gasteiger partial charge in [0.2, 0.25) is 5.91 Å². The molecule has 0 aliphatic carbocycles. The Morgan fingerprint density at radius 1 is 1.32 bits per heavy atom. The van der Waals surface area contributed by atoms with Gasteiger partial charge in [0.1, 0.15) is 5.76 Å². The number of hydrogen-bond donors (Lipinski definition) is 0. The van der Waals surface area contributed by atoms with Gasteiger partial charge in [-0.1, -0.05) is 6.08 Å². The summed E-state index contributed by atoms with van der Waals surface area (Å²) < 4.78 is 5.41. The standard InChI is InChI=1S/C17H22N2O3/c1-3-9-19-12-8-17(16(19)21)6-10-18(11-7-17)15(20)14-5-4-13(2)22-14/h3-5H,1,6-12H2,2H3. The summed E-state index contributed by atoms with van der Waals surface area (Å²) in [6, 6.07) is 3.51. The van der Waals surface area contributed by atoms with Gasteiger partial charge in [-0.25, -0.2) is 0 Å². The number of hydrogen-bond acceptors (Lipinski definition) is 3. The van der Waals surface area contributed by atoms with Crippen LogP contribution in [0.3, 0.4) is 0 Å². The second kappa shape index (κ2) is 5.63. The molecule has 2 aliphatic heterocycles. The molecule has 2 saturated heterocycles. The van der Waals surface area contributed by atoms with Gasteiger partial charge in [-0.3, -0.25) is 9.59 Å². The summed E-state index contributed by atoms with van der Waals surface area (Å²) in [6.07, 6.45) is 4.15. The van der Waals surface area contributed by atoms with Crippen molar-refractivity contribution in [1.29, 1.82) is 0 Å². The van der Waals surface area contributed by atoms with E-state index in [0.29, 0.717) is 25.4 Å². The second-order valence-electron chi connectivity index (χ2n) is 6.27. The van der Waals surface area contributed by atoms with Crippen molar-refractivity contribution in [2.45, 2.75) is 26.2 Å². The van der Waals surface area contributed by atoms with Crippen molar-refractivity contribution < 1.29 is 14.0 Å². The van der Waals surface area contributed by atoms with Gasteiger partial charge in [0, 0.05) is 26.2 Å². The minimum atomic E-state index is -0.265. The number of furan rings is 1. The minimum Gasteiger partial charge on any atom is -0.456 e. The van der Waals surface area contributed by atoms with Crippen LogP contribution in [0, 0.1) is 12.3 Å². The van der Waals surface area contributed by atoms with E-state index in [-0.39, 0.29) is 17.2 Å². The van der Waals surface area contributed by atoms with E-state index in [1.807, 2.05) is 11.8 Å². The minimum absolute atomic E-state index is 0.0728. The summed E-state index contributed by atoms with van der Waals surface area (Å²) in [5.74, 6) is 1.28. The van der Waals surface area contributed by atoms with Crippen LogP contribution in [-0.4, -0.2) is 47.8 Å². The Morgan fingerprint density at radius 3 is 2.59 bits per heavy atom. The van der Waals surface area contributed by atoms with E-state index in [9.17, 15) is 9.59 Å². The highest BCUT2D eigenvalue weighted by atomic mass is 16.3. The molecule has 5 heteroatoms. The molecule has 0 atom stereocenters. The third-order valence-corrected chi connectivity index (χ3v) is 4.91.